The lowest BCUT2D eigenvalue weighted by Gasteiger charge is -2.44. The van der Waals surface area contributed by atoms with Crippen molar-refractivity contribution in [2.24, 2.45) is 0 Å². The third kappa shape index (κ3) is 6.40. The number of benzene rings is 6. The van der Waals surface area contributed by atoms with Gasteiger partial charge < -0.3 is 9.64 Å². The van der Waals surface area contributed by atoms with Crippen molar-refractivity contribution in [2.75, 3.05) is 22.9 Å². The van der Waals surface area contributed by atoms with Crippen molar-refractivity contribution >= 4 is 62.0 Å². The molecule has 2 atom stereocenters. The predicted octanol–water partition coefficient (Wildman–Crippen LogP) is 10.0. The number of halogens is 1. The summed E-state index contributed by atoms with van der Waals surface area (Å²) in [6, 6.07) is 41.9. The van der Waals surface area contributed by atoms with Crippen LogP contribution in [-0.4, -0.2) is 30.9 Å². The first-order chi connectivity index (χ1) is 26.8. The second-order valence-corrected chi connectivity index (χ2v) is 15.3. The molecule has 0 aromatic heterocycles. The lowest BCUT2D eigenvalue weighted by molar-refractivity contribution is -0.122. The van der Waals surface area contributed by atoms with Crippen LogP contribution in [0.25, 0.3) is 16.8 Å². The van der Waals surface area contributed by atoms with Crippen LogP contribution >= 0.6 is 15.9 Å². The van der Waals surface area contributed by atoms with Gasteiger partial charge in [-0.2, -0.15) is 0 Å². The van der Waals surface area contributed by atoms with Gasteiger partial charge in [0.25, 0.3) is 11.8 Å². The lowest BCUT2D eigenvalue weighted by Crippen LogP contribution is -2.54. The van der Waals surface area contributed by atoms with E-state index in [4.69, 9.17) is 4.74 Å². The van der Waals surface area contributed by atoms with E-state index in [2.05, 4.69) is 106 Å². The molecule has 0 saturated carbocycles. The van der Waals surface area contributed by atoms with Gasteiger partial charge in [-0.15, -0.1) is 0 Å². The number of amides is 4. The van der Waals surface area contributed by atoms with Gasteiger partial charge in [0.05, 0.1) is 10.2 Å². The van der Waals surface area contributed by atoms with Gasteiger partial charge in [-0.1, -0.05) is 103 Å². The quantitative estimate of drug-likeness (QED) is 0.129. The van der Waals surface area contributed by atoms with E-state index in [0.29, 0.717) is 28.1 Å². The smallest absolute Gasteiger partial charge is 0.335 e. The van der Waals surface area contributed by atoms with Gasteiger partial charge in [0.2, 0.25) is 0 Å². The lowest BCUT2D eigenvalue weighted by atomic mass is 9.76. The molecule has 7 nitrogen and oxygen atoms in total. The number of urea groups is 1. The Balaban J connectivity index is 1.06. The molecule has 272 valence electrons. The molecule has 3 heterocycles. The Bertz CT molecular complexity index is 2460. The maximum absolute atomic E-state index is 14.4. The van der Waals surface area contributed by atoms with Gasteiger partial charge in [0.15, 0.2) is 0 Å². The van der Waals surface area contributed by atoms with Gasteiger partial charge in [-0.3, -0.25) is 14.9 Å². The Kier molecular flexibility index (Phi) is 9.06. The highest BCUT2D eigenvalue weighted by atomic mass is 79.9. The number of aryl methyl sites for hydroxylation is 1. The summed E-state index contributed by atoms with van der Waals surface area (Å²) in [6.07, 6.45) is 3.36. The number of carbonyl (C=O) groups excluding carboxylic acids is 3. The fraction of sp³-hybridized carbons (Fsp3) is 0.170. The monoisotopic (exact) mass is 787 g/mol. The van der Waals surface area contributed by atoms with Crippen LogP contribution < -0.4 is 19.9 Å². The Morgan fingerprint density at radius 1 is 0.764 bits per heavy atom. The van der Waals surface area contributed by atoms with Gasteiger partial charge in [-0.25, -0.2) is 9.69 Å². The van der Waals surface area contributed by atoms with Crippen LogP contribution in [0.2, 0.25) is 0 Å². The molecule has 1 N–H and O–H groups in total. The summed E-state index contributed by atoms with van der Waals surface area (Å²) < 4.78 is 6.95. The Morgan fingerprint density at radius 3 is 2.05 bits per heavy atom. The average Bonchev–Trinajstić information content (AvgIpc) is 3.20. The van der Waals surface area contributed by atoms with Crippen molar-refractivity contribution in [2.45, 2.75) is 38.2 Å². The minimum atomic E-state index is -0.760. The Hall–Kier alpha value is -5.99. The van der Waals surface area contributed by atoms with Crippen LogP contribution in [0.3, 0.4) is 0 Å². The number of imide groups is 2. The molecule has 6 aromatic carbocycles. The normalized spacial score (nSPS) is 18.7. The van der Waals surface area contributed by atoms with Gasteiger partial charge >= 0.3 is 6.03 Å². The van der Waals surface area contributed by atoms with E-state index >= 15 is 0 Å². The third-order valence-corrected chi connectivity index (χ3v) is 11.9. The topological polar surface area (TPSA) is 79.0 Å². The maximum Gasteiger partial charge on any atom is 0.335 e. The second kappa shape index (κ2) is 14.3. The van der Waals surface area contributed by atoms with E-state index < -0.39 is 17.8 Å². The molecule has 55 heavy (non-hydrogen) atoms. The van der Waals surface area contributed by atoms with E-state index in [9.17, 15) is 14.4 Å². The van der Waals surface area contributed by atoms with Crippen LogP contribution in [0.5, 0.6) is 5.75 Å². The zero-order valence-electron chi connectivity index (χ0n) is 30.3. The fourth-order valence-electron chi connectivity index (χ4n) is 8.54. The minimum absolute atomic E-state index is 0.0860. The maximum atomic E-state index is 14.4. The molecule has 1 fully saturated rings. The van der Waals surface area contributed by atoms with E-state index in [1.165, 1.54) is 22.9 Å². The van der Waals surface area contributed by atoms with Gasteiger partial charge in [0, 0.05) is 36.2 Å². The first-order valence-electron chi connectivity index (χ1n) is 18.7. The molecular weight excluding hydrogens is 750 g/mol. The van der Waals surface area contributed by atoms with Crippen molar-refractivity contribution in [3.63, 3.8) is 0 Å². The number of nitrogens with one attached hydrogen (secondary N) is 1. The van der Waals surface area contributed by atoms with Gasteiger partial charge in [-0.05, 0) is 110 Å². The SMILES string of the molecule is Cc1ccc2ccccc2c1COc1ccc(/C=C2\C(=O)NC(=O)N(c3cc4c5c(c3)[C@H](c3ccccc3)CCN5CC[C@@H]4c3ccccc3)C2=O)cc1Br. The number of barbiturate groups is 1. The molecule has 9 rings (SSSR count). The molecule has 3 aliphatic rings. The molecule has 1 saturated heterocycles. The summed E-state index contributed by atoms with van der Waals surface area (Å²) in [6.45, 7) is 4.30. The summed E-state index contributed by atoms with van der Waals surface area (Å²) in [5.74, 6) is -0.599. The first-order valence-corrected chi connectivity index (χ1v) is 19.5. The molecule has 4 amide bonds. The Morgan fingerprint density at radius 2 is 1.40 bits per heavy atom. The van der Waals surface area contributed by atoms with Crippen LogP contribution in [0.15, 0.2) is 137 Å². The van der Waals surface area contributed by atoms with Crippen molar-refractivity contribution in [1.82, 2.24) is 5.32 Å². The van der Waals surface area contributed by atoms with Crippen molar-refractivity contribution in [3.05, 3.63) is 176 Å². The minimum Gasteiger partial charge on any atom is -0.488 e. The Labute approximate surface area is 328 Å². The van der Waals surface area contributed by atoms with Crippen molar-refractivity contribution in [1.29, 1.82) is 0 Å². The van der Waals surface area contributed by atoms with E-state index in [1.54, 1.807) is 6.07 Å². The number of carbonyl (C=O) groups is 3. The van der Waals surface area contributed by atoms with Crippen LogP contribution in [0.1, 0.15) is 63.6 Å². The molecule has 6 aromatic rings. The van der Waals surface area contributed by atoms with E-state index in [1.807, 2.05) is 48.5 Å². The van der Waals surface area contributed by atoms with Crippen LogP contribution in [-0.2, 0) is 16.2 Å². The predicted molar refractivity (Wildman–Crippen MR) is 221 cm³/mol. The van der Waals surface area contributed by atoms with Crippen LogP contribution in [0, 0.1) is 6.92 Å². The highest BCUT2D eigenvalue weighted by Crippen LogP contribution is 2.50. The summed E-state index contributed by atoms with van der Waals surface area (Å²) in [4.78, 5) is 45.0. The molecule has 0 aliphatic carbocycles. The molecule has 3 aliphatic heterocycles. The number of hydrogen-bond acceptors (Lipinski definition) is 5. The molecule has 0 radical (unpaired) electrons. The molecule has 8 heteroatoms. The highest BCUT2D eigenvalue weighted by molar-refractivity contribution is 9.10. The summed E-state index contributed by atoms with van der Waals surface area (Å²) in [5, 5.41) is 4.75. The average molecular weight is 789 g/mol. The number of rotatable bonds is 7. The first kappa shape index (κ1) is 34.8. The largest absolute Gasteiger partial charge is 0.488 e. The number of hydrogen-bond donors (Lipinski definition) is 1. The molecule has 0 bridgehead atoms. The number of nitrogens with zero attached hydrogens (tertiary/aromatic N) is 2. The molecule has 0 unspecified atom stereocenters. The third-order valence-electron chi connectivity index (χ3n) is 11.3. The van der Waals surface area contributed by atoms with Gasteiger partial charge in [0.1, 0.15) is 17.9 Å². The number of ether oxygens (including phenoxy) is 1. The summed E-state index contributed by atoms with van der Waals surface area (Å²) in [7, 11) is 0. The van der Waals surface area contributed by atoms with E-state index in [-0.39, 0.29) is 17.4 Å². The van der Waals surface area contributed by atoms with Crippen molar-refractivity contribution in [3.8, 4) is 5.75 Å². The molecular formula is C47H38BrN3O4. The van der Waals surface area contributed by atoms with Crippen LogP contribution in [0.4, 0.5) is 16.2 Å². The van der Waals surface area contributed by atoms with Crippen molar-refractivity contribution < 1.29 is 19.1 Å². The standard InChI is InChI=1S/C47H38BrN3O4/c1-29-16-18-33-14-8-9-15-35(33)41(29)28-55-43-19-17-30(25-42(43)48)24-40-45(52)49-47(54)51(46(40)53)34-26-38-36(31-10-4-2-5-11-31)20-22-50-23-21-37(39(27-34)44(38)50)32-12-6-3-7-13-32/h2-19,24-27,36-37H,20-23,28H2,1H3,(H,49,52,54)/b40-24+/t36-,37+. The zero-order chi connectivity index (χ0) is 37.6. The highest BCUT2D eigenvalue weighted by Gasteiger charge is 2.40. The second-order valence-electron chi connectivity index (χ2n) is 14.5. The summed E-state index contributed by atoms with van der Waals surface area (Å²) >= 11 is 3.64. The molecule has 0 spiro atoms. The number of fused-ring (bicyclic) bond motifs is 1. The number of anilines is 2. The zero-order valence-corrected chi connectivity index (χ0v) is 31.9. The van der Waals surface area contributed by atoms with E-state index in [0.717, 1.165) is 63.9 Å². The summed E-state index contributed by atoms with van der Waals surface area (Å²) in [5.41, 5.74) is 8.94. The fourth-order valence-corrected chi connectivity index (χ4v) is 9.05.